The lowest BCUT2D eigenvalue weighted by molar-refractivity contribution is -0.123. The summed E-state index contributed by atoms with van der Waals surface area (Å²) >= 11 is 1.43. The Bertz CT molecular complexity index is 1200. The van der Waals surface area contributed by atoms with E-state index in [0.717, 1.165) is 33.6 Å². The SMILES string of the molecule is Cc1ccc(CN2C(=O)[C@]3(SCC(=O)N3c3ccc(C)c(C)c3)c3ccccc32)cc1. The number of anilines is 2. The van der Waals surface area contributed by atoms with Gasteiger partial charge < -0.3 is 4.90 Å². The standard InChI is InChI=1S/C26H24N2O2S/c1-17-8-11-20(12-9-17)15-27-23-7-5-4-6-22(23)26(25(27)30)28(24(29)16-31-26)21-13-10-18(2)19(3)14-21/h4-14H,15-16H2,1-3H3/t26-/m1/s1. The summed E-state index contributed by atoms with van der Waals surface area (Å²) in [5, 5.41) is 0. The van der Waals surface area contributed by atoms with Gasteiger partial charge in [0, 0.05) is 11.3 Å². The van der Waals surface area contributed by atoms with Gasteiger partial charge in [-0.05, 0) is 55.7 Å². The van der Waals surface area contributed by atoms with Crippen LogP contribution in [0.2, 0.25) is 0 Å². The number of fused-ring (bicyclic) bond motifs is 2. The number of para-hydroxylation sites is 1. The van der Waals surface area contributed by atoms with Crippen LogP contribution in [0.5, 0.6) is 0 Å². The molecule has 2 amide bonds. The lowest BCUT2D eigenvalue weighted by atomic mass is 10.0. The normalized spacial score (nSPS) is 20.1. The van der Waals surface area contributed by atoms with E-state index in [0.29, 0.717) is 6.54 Å². The van der Waals surface area contributed by atoms with Gasteiger partial charge in [0.15, 0.2) is 0 Å². The van der Waals surface area contributed by atoms with Gasteiger partial charge >= 0.3 is 0 Å². The van der Waals surface area contributed by atoms with Crippen LogP contribution in [0.25, 0.3) is 0 Å². The van der Waals surface area contributed by atoms with E-state index in [-0.39, 0.29) is 17.6 Å². The van der Waals surface area contributed by atoms with Gasteiger partial charge in [-0.2, -0.15) is 0 Å². The Hall–Kier alpha value is -3.05. The number of thioether (sulfide) groups is 1. The van der Waals surface area contributed by atoms with E-state index in [4.69, 9.17) is 0 Å². The molecule has 0 aromatic heterocycles. The quantitative estimate of drug-likeness (QED) is 0.583. The zero-order valence-electron chi connectivity index (χ0n) is 17.9. The van der Waals surface area contributed by atoms with E-state index in [1.54, 1.807) is 4.90 Å². The Morgan fingerprint density at radius 2 is 1.65 bits per heavy atom. The molecule has 0 saturated carbocycles. The zero-order chi connectivity index (χ0) is 21.8. The monoisotopic (exact) mass is 428 g/mol. The zero-order valence-corrected chi connectivity index (χ0v) is 18.7. The molecular formula is C26H24N2O2S. The van der Waals surface area contributed by atoms with Crippen molar-refractivity contribution >= 4 is 35.0 Å². The van der Waals surface area contributed by atoms with Crippen LogP contribution >= 0.6 is 11.8 Å². The van der Waals surface area contributed by atoms with Crippen molar-refractivity contribution in [2.45, 2.75) is 32.2 Å². The first-order valence-electron chi connectivity index (χ1n) is 10.4. The molecule has 4 nitrogen and oxygen atoms in total. The maximum Gasteiger partial charge on any atom is 0.269 e. The fraction of sp³-hybridized carbons (Fsp3) is 0.231. The predicted octanol–water partition coefficient (Wildman–Crippen LogP) is 5.09. The minimum Gasteiger partial charge on any atom is -0.304 e. The summed E-state index contributed by atoms with van der Waals surface area (Å²) in [5.41, 5.74) is 7.07. The van der Waals surface area contributed by atoms with E-state index >= 15 is 0 Å². The van der Waals surface area contributed by atoms with Crippen LogP contribution in [0.4, 0.5) is 11.4 Å². The van der Waals surface area contributed by atoms with Gasteiger partial charge in [0.05, 0.1) is 18.0 Å². The number of benzene rings is 3. The highest BCUT2D eigenvalue weighted by atomic mass is 32.2. The summed E-state index contributed by atoms with van der Waals surface area (Å²) in [6.07, 6.45) is 0. The van der Waals surface area contributed by atoms with Crippen molar-refractivity contribution in [1.29, 1.82) is 0 Å². The maximum atomic E-state index is 14.1. The highest BCUT2D eigenvalue weighted by Gasteiger charge is 2.60. The highest BCUT2D eigenvalue weighted by molar-refractivity contribution is 8.02. The molecule has 0 aliphatic carbocycles. The van der Waals surface area contributed by atoms with Crippen molar-refractivity contribution in [3.05, 3.63) is 94.5 Å². The number of hydrogen-bond acceptors (Lipinski definition) is 3. The maximum absolute atomic E-state index is 14.1. The summed E-state index contributed by atoms with van der Waals surface area (Å²) < 4.78 is 0. The molecule has 3 aromatic rings. The second-order valence-electron chi connectivity index (χ2n) is 8.32. The van der Waals surface area contributed by atoms with Crippen LogP contribution in [-0.2, 0) is 21.0 Å². The Morgan fingerprint density at radius 1 is 0.903 bits per heavy atom. The molecule has 156 valence electrons. The summed E-state index contributed by atoms with van der Waals surface area (Å²) in [6.45, 7) is 6.62. The Labute approximate surface area is 186 Å². The van der Waals surface area contributed by atoms with Crippen molar-refractivity contribution in [1.82, 2.24) is 0 Å². The molecule has 3 aromatic carbocycles. The third kappa shape index (κ3) is 2.99. The fourth-order valence-electron chi connectivity index (χ4n) is 4.45. The van der Waals surface area contributed by atoms with Gasteiger partial charge in [-0.15, -0.1) is 11.8 Å². The van der Waals surface area contributed by atoms with E-state index < -0.39 is 4.87 Å². The number of carbonyl (C=O) groups excluding carboxylic acids is 2. The van der Waals surface area contributed by atoms with E-state index in [1.807, 2.05) is 54.3 Å². The first kappa shape index (κ1) is 19.9. The smallest absolute Gasteiger partial charge is 0.269 e. The Kier molecular flexibility index (Phi) is 4.67. The average Bonchev–Trinajstić information content (AvgIpc) is 3.23. The molecule has 0 N–H and O–H groups in total. The van der Waals surface area contributed by atoms with Gasteiger partial charge in [-0.3, -0.25) is 14.5 Å². The minimum atomic E-state index is -1.06. The number of amides is 2. The Balaban J connectivity index is 1.63. The summed E-state index contributed by atoms with van der Waals surface area (Å²) in [6, 6.07) is 22.1. The molecule has 0 bridgehead atoms. The molecule has 5 rings (SSSR count). The first-order valence-corrected chi connectivity index (χ1v) is 11.4. The second kappa shape index (κ2) is 7.27. The number of rotatable bonds is 3. The number of nitrogens with zero attached hydrogens (tertiary/aromatic N) is 2. The number of carbonyl (C=O) groups is 2. The summed E-state index contributed by atoms with van der Waals surface area (Å²) in [4.78, 5) is 29.7. The van der Waals surface area contributed by atoms with E-state index in [1.165, 1.54) is 17.3 Å². The largest absolute Gasteiger partial charge is 0.304 e. The lowest BCUT2D eigenvalue weighted by Crippen LogP contribution is -2.49. The summed E-state index contributed by atoms with van der Waals surface area (Å²) in [7, 11) is 0. The molecule has 31 heavy (non-hydrogen) atoms. The fourth-order valence-corrected chi connectivity index (χ4v) is 5.81. The van der Waals surface area contributed by atoms with Crippen LogP contribution in [0.3, 0.4) is 0 Å². The molecule has 2 heterocycles. The third-order valence-corrected chi connectivity index (χ3v) is 7.66. The Morgan fingerprint density at radius 3 is 2.39 bits per heavy atom. The minimum absolute atomic E-state index is 0.0337. The lowest BCUT2D eigenvalue weighted by Gasteiger charge is -2.33. The third-order valence-electron chi connectivity index (χ3n) is 6.27. The molecule has 1 atom stereocenters. The molecule has 0 radical (unpaired) electrons. The van der Waals surface area contributed by atoms with Gasteiger partial charge in [0.25, 0.3) is 5.91 Å². The van der Waals surface area contributed by atoms with Gasteiger partial charge in [0.2, 0.25) is 10.8 Å². The number of aryl methyl sites for hydroxylation is 3. The molecule has 1 fully saturated rings. The van der Waals surface area contributed by atoms with Gasteiger partial charge in [0.1, 0.15) is 0 Å². The van der Waals surface area contributed by atoms with Crippen molar-refractivity contribution in [3.63, 3.8) is 0 Å². The molecular weight excluding hydrogens is 404 g/mol. The molecule has 1 spiro atoms. The first-order chi connectivity index (χ1) is 14.9. The molecule has 2 aliphatic rings. The van der Waals surface area contributed by atoms with Crippen LogP contribution in [0.1, 0.15) is 27.8 Å². The average molecular weight is 429 g/mol. The molecule has 1 saturated heterocycles. The van der Waals surface area contributed by atoms with Crippen molar-refractivity contribution in [2.75, 3.05) is 15.6 Å². The topological polar surface area (TPSA) is 40.6 Å². The number of hydrogen-bond donors (Lipinski definition) is 0. The molecule has 2 aliphatic heterocycles. The van der Waals surface area contributed by atoms with Crippen LogP contribution < -0.4 is 9.80 Å². The van der Waals surface area contributed by atoms with Gasteiger partial charge in [-0.1, -0.05) is 54.1 Å². The van der Waals surface area contributed by atoms with Gasteiger partial charge in [-0.25, -0.2) is 0 Å². The van der Waals surface area contributed by atoms with E-state index in [9.17, 15) is 9.59 Å². The van der Waals surface area contributed by atoms with Crippen LogP contribution in [-0.4, -0.2) is 17.6 Å². The summed E-state index contributed by atoms with van der Waals surface area (Å²) in [5.74, 6) is 0.197. The predicted molar refractivity (Wildman–Crippen MR) is 126 cm³/mol. The van der Waals surface area contributed by atoms with Crippen molar-refractivity contribution in [2.24, 2.45) is 0 Å². The second-order valence-corrected chi connectivity index (χ2v) is 9.49. The highest BCUT2D eigenvalue weighted by Crippen LogP contribution is 2.56. The van der Waals surface area contributed by atoms with E-state index in [2.05, 4.69) is 38.1 Å². The van der Waals surface area contributed by atoms with Crippen molar-refractivity contribution in [3.8, 4) is 0 Å². The van der Waals surface area contributed by atoms with Crippen LogP contribution in [0.15, 0.2) is 66.7 Å². The molecule has 0 unspecified atom stereocenters. The van der Waals surface area contributed by atoms with Crippen molar-refractivity contribution < 1.29 is 9.59 Å². The molecule has 5 heteroatoms. The van der Waals surface area contributed by atoms with Crippen LogP contribution in [0, 0.1) is 20.8 Å².